The third kappa shape index (κ3) is 7.73. The number of Topliss-reactive ketones (excluding diaryl/α,β-unsaturated/α-hetero) is 2. The minimum absolute atomic E-state index is 0.0990. The molecule has 43 heavy (non-hydrogen) atoms. The average molecular weight is 723 g/mol. The number of ketones is 2. The summed E-state index contributed by atoms with van der Waals surface area (Å²) in [5.74, 6) is 4.59. The van der Waals surface area contributed by atoms with E-state index in [0.29, 0.717) is 63.8 Å². The molecule has 1 unspecified atom stereocenters. The SMILES string of the molecule is CCCCC(CC)COC(=O)CCSc1ccnc2c1OC[C@@H]1CC(=O)CN21.O=C1C[C@H]2COc3c(I)ccnc3N2C1. The number of aromatic nitrogens is 2. The first-order valence-corrected chi connectivity index (χ1v) is 17.2. The number of carbonyl (C=O) groups excluding carboxylic acids is 3. The first-order valence-electron chi connectivity index (χ1n) is 15.1. The van der Waals surface area contributed by atoms with E-state index in [2.05, 4.69) is 51.3 Å². The van der Waals surface area contributed by atoms with Gasteiger partial charge in [-0.1, -0.05) is 33.1 Å². The minimum Gasteiger partial charge on any atom is -0.486 e. The van der Waals surface area contributed by atoms with Gasteiger partial charge in [-0.15, -0.1) is 11.8 Å². The molecule has 2 aromatic heterocycles. The van der Waals surface area contributed by atoms with E-state index in [0.717, 1.165) is 44.4 Å². The van der Waals surface area contributed by atoms with Gasteiger partial charge in [0.2, 0.25) is 0 Å². The highest BCUT2D eigenvalue weighted by Gasteiger charge is 2.38. The van der Waals surface area contributed by atoms with Crippen LogP contribution < -0.4 is 19.3 Å². The largest absolute Gasteiger partial charge is 0.486 e. The molecule has 4 aliphatic rings. The number of rotatable bonds is 10. The van der Waals surface area contributed by atoms with E-state index in [1.54, 1.807) is 24.2 Å². The number of hydrogen-bond acceptors (Lipinski definition) is 11. The first-order chi connectivity index (χ1) is 20.9. The molecule has 10 nitrogen and oxygen atoms in total. The smallest absolute Gasteiger partial charge is 0.306 e. The fraction of sp³-hybridized carbons (Fsp3) is 0.581. The third-order valence-electron chi connectivity index (χ3n) is 8.16. The summed E-state index contributed by atoms with van der Waals surface area (Å²) in [5.41, 5.74) is 0. The maximum atomic E-state index is 12.1. The molecule has 0 bridgehead atoms. The van der Waals surface area contributed by atoms with Crippen LogP contribution in [0.1, 0.15) is 58.8 Å². The Morgan fingerprint density at radius 1 is 1.02 bits per heavy atom. The van der Waals surface area contributed by atoms with Crippen molar-refractivity contribution in [1.82, 2.24) is 9.97 Å². The van der Waals surface area contributed by atoms with Crippen LogP contribution in [0.25, 0.3) is 0 Å². The second kappa shape index (κ2) is 14.9. The van der Waals surface area contributed by atoms with E-state index in [9.17, 15) is 14.4 Å². The Morgan fingerprint density at radius 2 is 1.65 bits per heavy atom. The van der Waals surface area contributed by atoms with Gasteiger partial charge in [-0.05, 0) is 47.1 Å². The van der Waals surface area contributed by atoms with Crippen LogP contribution in [0.4, 0.5) is 11.6 Å². The number of pyridine rings is 2. The average Bonchev–Trinajstić information content (AvgIpc) is 3.59. The lowest BCUT2D eigenvalue weighted by atomic mass is 10.0. The van der Waals surface area contributed by atoms with Gasteiger partial charge >= 0.3 is 5.97 Å². The Balaban J connectivity index is 0.000000204. The summed E-state index contributed by atoms with van der Waals surface area (Å²) in [4.78, 5) is 49.0. The molecule has 0 aromatic carbocycles. The maximum Gasteiger partial charge on any atom is 0.306 e. The van der Waals surface area contributed by atoms with Crippen LogP contribution in [0.2, 0.25) is 0 Å². The van der Waals surface area contributed by atoms with E-state index in [1.165, 1.54) is 12.8 Å². The number of unbranched alkanes of at least 4 members (excludes halogenated alkanes) is 1. The van der Waals surface area contributed by atoms with Crippen molar-refractivity contribution in [3.8, 4) is 11.5 Å². The van der Waals surface area contributed by atoms with Crippen LogP contribution in [0.15, 0.2) is 29.4 Å². The number of ether oxygens (including phenoxy) is 3. The Morgan fingerprint density at radius 3 is 2.30 bits per heavy atom. The molecule has 12 heteroatoms. The molecular formula is C31H39IN4O6S. The highest BCUT2D eigenvalue weighted by atomic mass is 127. The molecule has 3 atom stereocenters. The molecule has 0 N–H and O–H groups in total. The van der Waals surface area contributed by atoms with Crippen molar-refractivity contribution in [1.29, 1.82) is 0 Å². The summed E-state index contributed by atoms with van der Waals surface area (Å²) in [7, 11) is 0. The topological polar surface area (TPSA) is 111 Å². The highest BCUT2D eigenvalue weighted by molar-refractivity contribution is 14.1. The van der Waals surface area contributed by atoms with Gasteiger partial charge in [0, 0.05) is 31.0 Å². The zero-order chi connectivity index (χ0) is 30.3. The third-order valence-corrected chi connectivity index (χ3v) is 10.1. The Kier molecular flexibility index (Phi) is 11.0. The first kappa shape index (κ1) is 31.8. The summed E-state index contributed by atoms with van der Waals surface area (Å²) < 4.78 is 18.1. The molecule has 0 spiro atoms. The van der Waals surface area contributed by atoms with Crippen molar-refractivity contribution in [2.24, 2.45) is 5.92 Å². The molecule has 0 radical (unpaired) electrons. The van der Waals surface area contributed by atoms with Crippen LogP contribution in [0.5, 0.6) is 11.5 Å². The van der Waals surface area contributed by atoms with Crippen LogP contribution in [0.3, 0.4) is 0 Å². The Hall–Kier alpha value is -2.61. The number of hydrogen-bond donors (Lipinski definition) is 0. The van der Waals surface area contributed by atoms with Crippen molar-refractivity contribution in [2.75, 3.05) is 48.5 Å². The van der Waals surface area contributed by atoms with Gasteiger partial charge in [-0.25, -0.2) is 9.97 Å². The van der Waals surface area contributed by atoms with E-state index in [4.69, 9.17) is 14.2 Å². The lowest BCUT2D eigenvalue weighted by molar-refractivity contribution is -0.144. The van der Waals surface area contributed by atoms with Crippen LogP contribution >= 0.6 is 34.4 Å². The molecule has 232 valence electrons. The number of halogens is 1. The summed E-state index contributed by atoms with van der Waals surface area (Å²) in [5, 5.41) is 0. The summed E-state index contributed by atoms with van der Waals surface area (Å²) in [6.45, 7) is 6.85. The zero-order valence-electron chi connectivity index (χ0n) is 24.8. The predicted molar refractivity (Wildman–Crippen MR) is 173 cm³/mol. The van der Waals surface area contributed by atoms with Gasteiger partial charge in [0.25, 0.3) is 0 Å². The second-order valence-electron chi connectivity index (χ2n) is 11.3. The Labute approximate surface area is 270 Å². The number of thioether (sulfide) groups is 1. The van der Waals surface area contributed by atoms with Gasteiger partial charge in [0.15, 0.2) is 34.7 Å². The van der Waals surface area contributed by atoms with Gasteiger partial charge < -0.3 is 24.0 Å². The second-order valence-corrected chi connectivity index (χ2v) is 13.6. The van der Waals surface area contributed by atoms with Gasteiger partial charge in [-0.2, -0.15) is 0 Å². The number of nitrogens with zero attached hydrogens (tertiary/aromatic N) is 4. The van der Waals surface area contributed by atoms with E-state index in [1.807, 2.05) is 17.0 Å². The van der Waals surface area contributed by atoms with Crippen LogP contribution in [-0.4, -0.2) is 78.3 Å². The summed E-state index contributed by atoms with van der Waals surface area (Å²) in [6.07, 6.45) is 9.51. The van der Waals surface area contributed by atoms with Crippen molar-refractivity contribution in [2.45, 2.75) is 75.8 Å². The fourth-order valence-corrected chi connectivity index (χ4v) is 7.20. The number of anilines is 2. The van der Waals surface area contributed by atoms with E-state index >= 15 is 0 Å². The molecule has 6 heterocycles. The molecule has 0 amide bonds. The fourth-order valence-electron chi connectivity index (χ4n) is 5.72. The monoisotopic (exact) mass is 722 g/mol. The molecule has 0 saturated carbocycles. The number of fused-ring (bicyclic) bond motifs is 6. The summed E-state index contributed by atoms with van der Waals surface area (Å²) in [6, 6.07) is 4.11. The standard InChI is InChI=1S/C21H30N2O4S.C10H9IN2O2/c1-3-5-6-15(4-2)13-26-19(25)8-10-28-18-7-9-22-21-20(18)27-14-16-11-17(24)12-23(16)21;11-8-1-2-12-10-9(8)15-5-6-3-7(14)4-13(6)10/h7,9,15-16H,3-6,8,10-14H2,1-2H3;1-2,6H,3-5H2/t15?,16-;6-/m00/s1. The Bertz CT molecular complexity index is 1330. The maximum absolute atomic E-state index is 12.1. The quantitative estimate of drug-likeness (QED) is 0.186. The summed E-state index contributed by atoms with van der Waals surface area (Å²) >= 11 is 3.80. The van der Waals surface area contributed by atoms with Crippen LogP contribution in [-0.2, 0) is 19.1 Å². The van der Waals surface area contributed by atoms with Gasteiger partial charge in [0.05, 0.1) is 46.7 Å². The lowest BCUT2D eigenvalue weighted by Crippen LogP contribution is -2.39. The molecule has 0 aliphatic carbocycles. The molecule has 6 rings (SSSR count). The molecule has 2 fully saturated rings. The number of esters is 1. The lowest BCUT2D eigenvalue weighted by Gasteiger charge is -2.32. The minimum atomic E-state index is -0.142. The highest BCUT2D eigenvalue weighted by Crippen LogP contribution is 2.42. The van der Waals surface area contributed by atoms with Gasteiger partial charge in [-0.3, -0.25) is 14.4 Å². The predicted octanol–water partition coefficient (Wildman–Crippen LogP) is 5.09. The molecule has 4 aliphatic heterocycles. The zero-order valence-corrected chi connectivity index (χ0v) is 27.7. The van der Waals surface area contributed by atoms with Crippen molar-refractivity contribution < 1.29 is 28.6 Å². The number of carbonyl (C=O) groups is 3. The van der Waals surface area contributed by atoms with Crippen molar-refractivity contribution >= 4 is 63.5 Å². The molecular weight excluding hydrogens is 683 g/mol. The van der Waals surface area contributed by atoms with Crippen molar-refractivity contribution in [3.63, 3.8) is 0 Å². The normalized spacial score (nSPS) is 20.5. The molecule has 2 aromatic rings. The molecule has 2 saturated heterocycles. The van der Waals surface area contributed by atoms with Gasteiger partial charge in [0.1, 0.15) is 13.2 Å². The van der Waals surface area contributed by atoms with E-state index < -0.39 is 0 Å². The van der Waals surface area contributed by atoms with E-state index in [-0.39, 0.29) is 29.6 Å². The van der Waals surface area contributed by atoms with Crippen molar-refractivity contribution in [3.05, 3.63) is 28.1 Å². The van der Waals surface area contributed by atoms with Crippen LogP contribution in [0, 0.1) is 9.49 Å².